The fourth-order valence-electron chi connectivity index (χ4n) is 2.30. The number of hydrogen-bond donors (Lipinski definition) is 1. The number of nitrogens with one attached hydrogen (secondary N) is 1. The molecule has 3 heterocycles. The lowest BCUT2D eigenvalue weighted by atomic mass is 10.1. The molecule has 1 atom stereocenters. The van der Waals surface area contributed by atoms with E-state index >= 15 is 0 Å². The third kappa shape index (κ3) is 2.76. The summed E-state index contributed by atoms with van der Waals surface area (Å²) in [6, 6.07) is 3.72. The Kier molecular flexibility index (Phi) is 3.98. The van der Waals surface area contributed by atoms with Crippen LogP contribution in [0.3, 0.4) is 0 Å². The van der Waals surface area contributed by atoms with E-state index in [0.29, 0.717) is 28.8 Å². The second-order valence-corrected chi connectivity index (χ2v) is 6.29. The van der Waals surface area contributed by atoms with Crippen molar-refractivity contribution in [2.24, 2.45) is 5.92 Å². The van der Waals surface area contributed by atoms with Crippen LogP contribution in [0.5, 0.6) is 0 Å². The maximum atomic E-state index is 12.4. The number of aryl methyl sites for hydroxylation is 2. The van der Waals surface area contributed by atoms with Gasteiger partial charge in [0.2, 0.25) is 5.91 Å². The maximum absolute atomic E-state index is 12.4. The topological polar surface area (TPSA) is 76.9 Å². The summed E-state index contributed by atoms with van der Waals surface area (Å²) in [6.07, 6.45) is 3.23. The zero-order valence-corrected chi connectivity index (χ0v) is 13.2. The van der Waals surface area contributed by atoms with Crippen molar-refractivity contribution in [3.05, 3.63) is 46.0 Å². The van der Waals surface area contributed by atoms with Gasteiger partial charge in [0.05, 0.1) is 5.92 Å². The van der Waals surface area contributed by atoms with Gasteiger partial charge in [-0.3, -0.25) is 14.2 Å². The molecule has 2 aromatic rings. The van der Waals surface area contributed by atoms with Gasteiger partial charge in [-0.2, -0.15) is 0 Å². The molecule has 1 aliphatic heterocycles. The minimum absolute atomic E-state index is 0.0796. The second-order valence-electron chi connectivity index (χ2n) is 5.31. The molecule has 0 saturated heterocycles. The fourth-order valence-corrected chi connectivity index (χ4v) is 3.34. The highest BCUT2D eigenvalue weighted by Gasteiger charge is 2.27. The molecule has 0 aliphatic carbocycles. The van der Waals surface area contributed by atoms with Crippen molar-refractivity contribution >= 4 is 23.5 Å². The van der Waals surface area contributed by atoms with Crippen molar-refractivity contribution in [3.63, 3.8) is 0 Å². The number of fused-ring (bicyclic) bond motifs is 1. The average Bonchev–Trinajstić information content (AvgIpc) is 2.53. The molecule has 0 fully saturated rings. The Labute approximate surface area is 132 Å². The zero-order valence-electron chi connectivity index (χ0n) is 12.4. The summed E-state index contributed by atoms with van der Waals surface area (Å²) in [4.78, 5) is 33.0. The molecule has 0 aromatic carbocycles. The van der Waals surface area contributed by atoms with Gasteiger partial charge in [-0.1, -0.05) is 17.8 Å². The van der Waals surface area contributed by atoms with Gasteiger partial charge in [0, 0.05) is 30.3 Å². The molecule has 3 rings (SSSR count). The van der Waals surface area contributed by atoms with Crippen LogP contribution in [-0.4, -0.2) is 26.2 Å². The number of hydrogen-bond acceptors (Lipinski definition) is 5. The molecule has 0 spiro atoms. The van der Waals surface area contributed by atoms with Crippen LogP contribution in [0.25, 0.3) is 0 Å². The van der Waals surface area contributed by atoms with Crippen LogP contribution in [0.2, 0.25) is 0 Å². The second kappa shape index (κ2) is 5.92. The minimum Gasteiger partial charge on any atom is -0.310 e. The van der Waals surface area contributed by atoms with Crippen LogP contribution in [0, 0.1) is 19.8 Å². The number of pyridine rings is 1. The molecule has 0 saturated carbocycles. The van der Waals surface area contributed by atoms with Crippen molar-refractivity contribution < 1.29 is 4.79 Å². The standard InChI is InChI=1S/C15H16N4O2S/c1-9-4-3-5-16-12(9)18-13(20)11-7-19-14(21)10(2)6-17-15(19)22-8-11/h3-6,11H,7-8H2,1-2H3,(H,16,18,20). The summed E-state index contributed by atoms with van der Waals surface area (Å²) in [5.74, 6) is 0.777. The van der Waals surface area contributed by atoms with Crippen LogP contribution in [0.1, 0.15) is 11.1 Å². The summed E-state index contributed by atoms with van der Waals surface area (Å²) in [5, 5.41) is 3.52. The minimum atomic E-state index is -0.278. The number of aromatic nitrogens is 3. The van der Waals surface area contributed by atoms with E-state index in [0.717, 1.165) is 5.56 Å². The van der Waals surface area contributed by atoms with E-state index in [2.05, 4.69) is 15.3 Å². The first-order valence-corrected chi connectivity index (χ1v) is 7.96. The lowest BCUT2D eigenvalue weighted by Gasteiger charge is -2.24. The summed E-state index contributed by atoms with van der Waals surface area (Å²) < 4.78 is 1.58. The number of rotatable bonds is 2. The number of anilines is 1. The first kappa shape index (κ1) is 14.8. The predicted octanol–water partition coefficient (Wildman–Crippen LogP) is 1.62. The van der Waals surface area contributed by atoms with Crippen molar-refractivity contribution in [1.29, 1.82) is 0 Å². The van der Waals surface area contributed by atoms with E-state index in [4.69, 9.17) is 0 Å². The average molecular weight is 316 g/mol. The molecule has 1 aliphatic rings. The molecule has 7 heteroatoms. The van der Waals surface area contributed by atoms with Gasteiger partial charge in [-0.25, -0.2) is 9.97 Å². The lowest BCUT2D eigenvalue weighted by Crippen LogP contribution is -2.37. The molecule has 1 amide bonds. The van der Waals surface area contributed by atoms with Gasteiger partial charge in [0.15, 0.2) is 5.16 Å². The van der Waals surface area contributed by atoms with Gasteiger partial charge in [-0.05, 0) is 25.5 Å². The van der Waals surface area contributed by atoms with Crippen molar-refractivity contribution in [3.8, 4) is 0 Å². The number of carbonyl (C=O) groups excluding carboxylic acids is 1. The Hall–Kier alpha value is -2.15. The molecule has 22 heavy (non-hydrogen) atoms. The molecule has 0 bridgehead atoms. The number of amides is 1. The molecule has 0 radical (unpaired) electrons. The Balaban J connectivity index is 1.80. The monoisotopic (exact) mass is 316 g/mol. The zero-order chi connectivity index (χ0) is 15.7. The van der Waals surface area contributed by atoms with E-state index in [1.807, 2.05) is 19.1 Å². The molecule has 6 nitrogen and oxygen atoms in total. The highest BCUT2D eigenvalue weighted by atomic mass is 32.2. The van der Waals surface area contributed by atoms with E-state index < -0.39 is 0 Å². The highest BCUT2D eigenvalue weighted by Crippen LogP contribution is 2.25. The van der Waals surface area contributed by atoms with E-state index in [1.54, 1.807) is 23.9 Å². The Morgan fingerprint density at radius 1 is 1.36 bits per heavy atom. The molecule has 2 aromatic heterocycles. The van der Waals surface area contributed by atoms with E-state index in [1.165, 1.54) is 11.8 Å². The van der Waals surface area contributed by atoms with Crippen LogP contribution >= 0.6 is 11.8 Å². The number of nitrogens with zero attached hydrogens (tertiary/aromatic N) is 3. The van der Waals surface area contributed by atoms with Gasteiger partial charge in [0.1, 0.15) is 5.82 Å². The largest absolute Gasteiger partial charge is 0.310 e. The van der Waals surface area contributed by atoms with Gasteiger partial charge in [0.25, 0.3) is 5.56 Å². The van der Waals surface area contributed by atoms with Crippen molar-refractivity contribution in [1.82, 2.24) is 14.5 Å². The predicted molar refractivity (Wildman–Crippen MR) is 85.1 cm³/mol. The number of carbonyl (C=O) groups is 1. The Morgan fingerprint density at radius 3 is 2.95 bits per heavy atom. The molecule has 1 unspecified atom stereocenters. The summed E-state index contributed by atoms with van der Waals surface area (Å²) in [5.41, 5.74) is 1.42. The number of thioether (sulfide) groups is 1. The smallest absolute Gasteiger partial charge is 0.257 e. The van der Waals surface area contributed by atoms with Gasteiger partial charge in [-0.15, -0.1) is 0 Å². The SMILES string of the molecule is Cc1cccnc1NC(=O)C1CSc2ncc(C)c(=O)n2C1. The molecule has 114 valence electrons. The van der Waals surface area contributed by atoms with Crippen LogP contribution in [0.4, 0.5) is 5.82 Å². The van der Waals surface area contributed by atoms with Crippen molar-refractivity contribution in [2.75, 3.05) is 11.1 Å². The third-order valence-electron chi connectivity index (χ3n) is 3.62. The van der Waals surface area contributed by atoms with Crippen LogP contribution < -0.4 is 10.9 Å². The Morgan fingerprint density at radius 2 is 2.18 bits per heavy atom. The Bertz CT molecular complexity index is 787. The highest BCUT2D eigenvalue weighted by molar-refractivity contribution is 7.99. The van der Waals surface area contributed by atoms with E-state index in [9.17, 15) is 9.59 Å². The third-order valence-corrected chi connectivity index (χ3v) is 4.77. The lowest BCUT2D eigenvalue weighted by molar-refractivity contribution is -0.119. The molecular weight excluding hydrogens is 300 g/mol. The van der Waals surface area contributed by atoms with E-state index in [-0.39, 0.29) is 17.4 Å². The maximum Gasteiger partial charge on any atom is 0.257 e. The first-order valence-electron chi connectivity index (χ1n) is 6.98. The molecule has 1 N–H and O–H groups in total. The summed E-state index contributed by atoms with van der Waals surface area (Å²) in [6.45, 7) is 3.98. The van der Waals surface area contributed by atoms with Crippen LogP contribution in [-0.2, 0) is 11.3 Å². The van der Waals surface area contributed by atoms with Gasteiger partial charge < -0.3 is 5.32 Å². The quantitative estimate of drug-likeness (QED) is 0.852. The summed E-state index contributed by atoms with van der Waals surface area (Å²) >= 11 is 1.43. The van der Waals surface area contributed by atoms with Crippen molar-refractivity contribution in [2.45, 2.75) is 25.5 Å². The van der Waals surface area contributed by atoms with Gasteiger partial charge >= 0.3 is 0 Å². The van der Waals surface area contributed by atoms with Crippen LogP contribution in [0.15, 0.2) is 34.5 Å². The summed E-state index contributed by atoms with van der Waals surface area (Å²) in [7, 11) is 0. The fraction of sp³-hybridized carbons (Fsp3) is 0.333. The molecular formula is C15H16N4O2S. The first-order chi connectivity index (χ1) is 10.6. The normalized spacial score (nSPS) is 16.9.